The van der Waals surface area contributed by atoms with E-state index < -0.39 is 41.5 Å². The van der Waals surface area contributed by atoms with E-state index in [-0.39, 0.29) is 19.6 Å². The maximum atomic E-state index is 13.8. The van der Waals surface area contributed by atoms with Gasteiger partial charge in [-0.25, -0.2) is 9.59 Å². The number of esters is 1. The molecule has 1 aromatic carbocycles. The minimum atomic E-state index is -1.11. The number of nitrogens with zero attached hydrogens (tertiary/aromatic N) is 1. The summed E-state index contributed by atoms with van der Waals surface area (Å²) in [5.41, 5.74) is -1.04. The fourth-order valence-electron chi connectivity index (χ4n) is 3.42. The summed E-state index contributed by atoms with van der Waals surface area (Å²) in [7, 11) is 1.57. The van der Waals surface area contributed by atoms with Gasteiger partial charge in [-0.2, -0.15) is 4.39 Å². The molecule has 1 N–H and O–H groups in total. The highest BCUT2D eigenvalue weighted by atomic mass is 32.1. The van der Waals surface area contributed by atoms with E-state index in [1.807, 2.05) is 17.1 Å². The molecule has 174 valence electrons. The van der Waals surface area contributed by atoms with Crippen molar-refractivity contribution in [2.24, 2.45) is 0 Å². The first kappa shape index (κ1) is 22.9. The van der Waals surface area contributed by atoms with Crippen LogP contribution in [0.5, 0.6) is 5.75 Å². The van der Waals surface area contributed by atoms with Crippen molar-refractivity contribution in [3.8, 4) is 5.75 Å². The molecular formula is C22H21FN2O7S. The summed E-state index contributed by atoms with van der Waals surface area (Å²) in [5, 5.41) is 1.76. The Labute approximate surface area is 191 Å². The minimum Gasteiger partial charge on any atom is -0.497 e. The zero-order valence-corrected chi connectivity index (χ0v) is 18.4. The van der Waals surface area contributed by atoms with Gasteiger partial charge in [-0.05, 0) is 29.1 Å². The fraction of sp³-hybridized carbons (Fsp3) is 0.318. The van der Waals surface area contributed by atoms with E-state index >= 15 is 0 Å². The monoisotopic (exact) mass is 476 g/mol. The highest BCUT2D eigenvalue weighted by Crippen LogP contribution is 2.31. The van der Waals surface area contributed by atoms with Crippen LogP contribution >= 0.6 is 11.3 Å². The normalized spacial score (nSPS) is 20.0. The van der Waals surface area contributed by atoms with Crippen LogP contribution in [0.25, 0.3) is 0 Å². The Kier molecular flexibility index (Phi) is 7.02. The number of aromatic amines is 1. The third-order valence-electron chi connectivity index (χ3n) is 5.14. The molecule has 0 spiro atoms. The third-order valence-corrected chi connectivity index (χ3v) is 5.99. The zero-order valence-electron chi connectivity index (χ0n) is 17.6. The van der Waals surface area contributed by atoms with Gasteiger partial charge < -0.3 is 18.9 Å². The minimum absolute atomic E-state index is 0.124. The number of carbonyl (C=O) groups is 1. The largest absolute Gasteiger partial charge is 0.497 e. The molecule has 0 bridgehead atoms. The predicted octanol–water partition coefficient (Wildman–Crippen LogP) is 2.48. The van der Waals surface area contributed by atoms with Gasteiger partial charge in [0.25, 0.3) is 5.56 Å². The Hall–Kier alpha value is -3.28. The van der Waals surface area contributed by atoms with Crippen LogP contribution in [0.15, 0.2) is 57.6 Å². The van der Waals surface area contributed by atoms with Crippen molar-refractivity contribution in [3.63, 3.8) is 0 Å². The molecule has 9 nitrogen and oxygen atoms in total. The highest BCUT2D eigenvalue weighted by Gasteiger charge is 2.38. The van der Waals surface area contributed by atoms with Crippen LogP contribution in [0, 0.1) is 5.82 Å². The van der Waals surface area contributed by atoms with E-state index in [1.165, 1.54) is 11.3 Å². The molecule has 4 rings (SSSR count). The van der Waals surface area contributed by atoms with Gasteiger partial charge in [0.15, 0.2) is 0 Å². The number of benzene rings is 1. The lowest BCUT2D eigenvalue weighted by molar-refractivity contribution is -0.0708. The first-order chi connectivity index (χ1) is 15.9. The number of hydrogen-bond donors (Lipinski definition) is 1. The van der Waals surface area contributed by atoms with Crippen molar-refractivity contribution in [1.29, 1.82) is 0 Å². The first-order valence-corrected chi connectivity index (χ1v) is 10.9. The molecule has 3 aromatic rings. The Bertz CT molecular complexity index is 1210. The number of aromatic nitrogens is 2. The molecule has 11 heteroatoms. The topological polar surface area (TPSA) is 109 Å². The summed E-state index contributed by atoms with van der Waals surface area (Å²) in [4.78, 5) is 38.1. The molecule has 1 fully saturated rings. The van der Waals surface area contributed by atoms with Gasteiger partial charge >= 0.3 is 11.7 Å². The van der Waals surface area contributed by atoms with Crippen LogP contribution in [0.4, 0.5) is 4.39 Å². The Morgan fingerprint density at radius 2 is 2.06 bits per heavy atom. The molecule has 1 aliphatic rings. The number of methoxy groups -OCH3 is 1. The summed E-state index contributed by atoms with van der Waals surface area (Å²) in [6.07, 6.45) is -1.20. The number of rotatable bonds is 8. The molecule has 1 unspecified atom stereocenters. The van der Waals surface area contributed by atoms with Gasteiger partial charge in [0, 0.05) is 6.42 Å². The van der Waals surface area contributed by atoms with E-state index in [2.05, 4.69) is 0 Å². The second kappa shape index (κ2) is 10.1. The number of carbonyl (C=O) groups excluding carboxylic acids is 1. The van der Waals surface area contributed by atoms with E-state index in [0.717, 1.165) is 16.3 Å². The number of thiophene rings is 1. The first-order valence-electron chi connectivity index (χ1n) is 10.1. The molecule has 3 atom stereocenters. The summed E-state index contributed by atoms with van der Waals surface area (Å²) in [5.74, 6) is -0.902. The van der Waals surface area contributed by atoms with Crippen molar-refractivity contribution in [1.82, 2.24) is 9.55 Å². The van der Waals surface area contributed by atoms with Gasteiger partial charge in [-0.15, -0.1) is 11.3 Å². The van der Waals surface area contributed by atoms with E-state index in [0.29, 0.717) is 10.6 Å². The smallest absolute Gasteiger partial charge is 0.348 e. The van der Waals surface area contributed by atoms with Crippen molar-refractivity contribution in [2.75, 3.05) is 13.7 Å². The number of ether oxygens (including phenoxy) is 4. The number of H-pyrrole nitrogens is 1. The number of hydrogen-bond acceptors (Lipinski definition) is 8. The molecule has 0 saturated carbocycles. The SMILES string of the molecule is COc1ccc(COC2C[C@@H](n3cc(F)c(=O)[nH]c3=O)O[C@H]2COC(=O)c2cccs2)cc1. The van der Waals surface area contributed by atoms with Gasteiger partial charge in [-0.3, -0.25) is 14.3 Å². The van der Waals surface area contributed by atoms with Crippen molar-refractivity contribution < 1.29 is 28.1 Å². The van der Waals surface area contributed by atoms with Crippen LogP contribution in [-0.2, 0) is 20.8 Å². The summed E-state index contributed by atoms with van der Waals surface area (Å²) in [6.45, 7) is 0.107. The van der Waals surface area contributed by atoms with Gasteiger partial charge in [-0.1, -0.05) is 18.2 Å². The molecule has 0 radical (unpaired) electrons. The lowest BCUT2D eigenvalue weighted by Crippen LogP contribution is -2.34. The summed E-state index contributed by atoms with van der Waals surface area (Å²) < 4.78 is 37.1. The Balaban J connectivity index is 1.48. The third kappa shape index (κ3) is 5.38. The molecule has 3 heterocycles. The van der Waals surface area contributed by atoms with Gasteiger partial charge in [0.2, 0.25) is 5.82 Å². The van der Waals surface area contributed by atoms with E-state index in [1.54, 1.807) is 36.8 Å². The zero-order chi connectivity index (χ0) is 23.4. The van der Waals surface area contributed by atoms with Crippen LogP contribution in [0.2, 0.25) is 0 Å². The fourth-order valence-corrected chi connectivity index (χ4v) is 4.04. The molecule has 33 heavy (non-hydrogen) atoms. The number of nitrogens with one attached hydrogen (secondary N) is 1. The Morgan fingerprint density at radius 3 is 2.76 bits per heavy atom. The maximum Gasteiger partial charge on any atom is 0.348 e. The van der Waals surface area contributed by atoms with Crippen LogP contribution in [0.3, 0.4) is 0 Å². The molecule has 1 aliphatic heterocycles. The molecule has 2 aromatic heterocycles. The molecule has 0 amide bonds. The quantitative estimate of drug-likeness (QED) is 0.498. The second-order valence-corrected chi connectivity index (χ2v) is 8.23. The van der Waals surface area contributed by atoms with Crippen LogP contribution in [0.1, 0.15) is 27.9 Å². The van der Waals surface area contributed by atoms with Gasteiger partial charge in [0.05, 0.1) is 26.0 Å². The Morgan fingerprint density at radius 1 is 1.27 bits per heavy atom. The predicted molar refractivity (Wildman–Crippen MR) is 116 cm³/mol. The lowest BCUT2D eigenvalue weighted by Gasteiger charge is -2.19. The van der Waals surface area contributed by atoms with Crippen molar-refractivity contribution in [2.45, 2.75) is 31.5 Å². The molecule has 1 saturated heterocycles. The summed E-state index contributed by atoms with van der Waals surface area (Å²) in [6, 6.07) is 10.7. The van der Waals surface area contributed by atoms with Crippen LogP contribution in [-0.4, -0.2) is 41.4 Å². The molecule has 0 aliphatic carbocycles. The second-order valence-electron chi connectivity index (χ2n) is 7.28. The van der Waals surface area contributed by atoms with Gasteiger partial charge in [0.1, 0.15) is 29.6 Å². The average molecular weight is 476 g/mol. The van der Waals surface area contributed by atoms with Crippen LogP contribution < -0.4 is 16.0 Å². The number of halogens is 1. The van der Waals surface area contributed by atoms with Crippen molar-refractivity contribution in [3.05, 3.63) is 85.1 Å². The standard InChI is InChI=1S/C22H21FN2O7S/c1-29-14-6-4-13(5-7-14)11-30-16-9-19(25-10-15(23)20(26)24-22(25)28)32-17(16)12-31-21(27)18-3-2-8-33-18/h2-8,10,16-17,19H,9,11-12H2,1H3,(H,24,26,28)/t16?,17-,19-/m0/s1. The lowest BCUT2D eigenvalue weighted by atomic mass is 10.1. The van der Waals surface area contributed by atoms with Crippen molar-refractivity contribution >= 4 is 17.3 Å². The highest BCUT2D eigenvalue weighted by molar-refractivity contribution is 7.11. The van der Waals surface area contributed by atoms with E-state index in [4.69, 9.17) is 18.9 Å². The summed E-state index contributed by atoms with van der Waals surface area (Å²) >= 11 is 1.25. The molecular weight excluding hydrogens is 455 g/mol. The maximum absolute atomic E-state index is 13.8. The average Bonchev–Trinajstić information content (AvgIpc) is 3.49. The van der Waals surface area contributed by atoms with E-state index in [9.17, 15) is 18.8 Å².